The van der Waals surface area contributed by atoms with Crippen LogP contribution in [0.5, 0.6) is 0 Å². The van der Waals surface area contributed by atoms with Crippen molar-refractivity contribution in [2.45, 2.75) is 13.0 Å². The van der Waals surface area contributed by atoms with Gasteiger partial charge in [0.05, 0.1) is 10.2 Å². The molecule has 1 aromatic carbocycles. The number of aryl methyl sites for hydroxylation is 1. The van der Waals surface area contributed by atoms with Crippen LogP contribution >= 0.6 is 11.3 Å². The molecule has 0 unspecified atom stereocenters. The number of hydrogen-bond donors (Lipinski definition) is 1. The highest BCUT2D eigenvalue weighted by atomic mass is 32.1. The maximum Gasteiger partial charge on any atom is 0.329 e. The van der Waals surface area contributed by atoms with E-state index in [-0.39, 0.29) is 5.52 Å². The van der Waals surface area contributed by atoms with Crippen molar-refractivity contribution in [2.75, 3.05) is 20.6 Å². The van der Waals surface area contributed by atoms with Crippen molar-refractivity contribution in [1.82, 2.24) is 29.0 Å². The van der Waals surface area contributed by atoms with E-state index in [1.54, 1.807) is 0 Å². The SMILES string of the molecule is CN(C)CCCn1c(-c2nc3ccccc3s2)nc2c(=O)n(C)c(=O)[nH]c21. The van der Waals surface area contributed by atoms with Gasteiger partial charge in [0.1, 0.15) is 5.65 Å². The van der Waals surface area contributed by atoms with Crippen molar-refractivity contribution in [3.05, 3.63) is 45.1 Å². The van der Waals surface area contributed by atoms with Gasteiger partial charge in [-0.05, 0) is 39.2 Å². The highest BCUT2D eigenvalue weighted by Crippen LogP contribution is 2.30. The Bertz CT molecular complexity index is 1210. The Morgan fingerprint density at radius 1 is 1.19 bits per heavy atom. The number of rotatable bonds is 5. The van der Waals surface area contributed by atoms with Crippen molar-refractivity contribution in [3.8, 4) is 10.8 Å². The van der Waals surface area contributed by atoms with Gasteiger partial charge in [-0.2, -0.15) is 0 Å². The molecule has 0 saturated carbocycles. The molecule has 0 aliphatic rings. The fraction of sp³-hybridized carbons (Fsp3) is 0.333. The van der Waals surface area contributed by atoms with E-state index in [2.05, 4.69) is 19.9 Å². The Balaban J connectivity index is 1.93. The summed E-state index contributed by atoms with van der Waals surface area (Å²) in [6.45, 7) is 1.51. The molecule has 0 bridgehead atoms. The van der Waals surface area contributed by atoms with E-state index in [1.807, 2.05) is 42.9 Å². The molecule has 0 atom stereocenters. The molecule has 1 N–H and O–H groups in total. The largest absolute Gasteiger partial charge is 0.329 e. The molecule has 140 valence electrons. The normalized spacial score (nSPS) is 11.9. The molecule has 0 saturated heterocycles. The molecule has 3 aromatic heterocycles. The second-order valence-electron chi connectivity index (χ2n) is 6.72. The lowest BCUT2D eigenvalue weighted by Gasteiger charge is -2.11. The Kier molecular flexibility index (Phi) is 4.40. The summed E-state index contributed by atoms with van der Waals surface area (Å²) in [7, 11) is 5.47. The smallest absolute Gasteiger partial charge is 0.309 e. The molecule has 0 aliphatic heterocycles. The summed E-state index contributed by atoms with van der Waals surface area (Å²) < 4.78 is 4.00. The topological polar surface area (TPSA) is 88.8 Å². The van der Waals surface area contributed by atoms with Crippen molar-refractivity contribution in [3.63, 3.8) is 0 Å². The monoisotopic (exact) mass is 384 g/mol. The van der Waals surface area contributed by atoms with Crippen LogP contribution < -0.4 is 11.2 Å². The summed E-state index contributed by atoms with van der Waals surface area (Å²) in [5.41, 5.74) is 0.762. The number of hydrogen-bond acceptors (Lipinski definition) is 6. The zero-order valence-electron chi connectivity index (χ0n) is 15.4. The molecule has 27 heavy (non-hydrogen) atoms. The summed E-state index contributed by atoms with van der Waals surface area (Å²) in [5, 5.41) is 0.736. The fourth-order valence-corrected chi connectivity index (χ4v) is 4.02. The summed E-state index contributed by atoms with van der Waals surface area (Å²) in [5.74, 6) is 0.615. The Morgan fingerprint density at radius 3 is 2.70 bits per heavy atom. The fourth-order valence-electron chi connectivity index (χ4n) is 3.06. The second-order valence-corrected chi connectivity index (χ2v) is 7.75. The van der Waals surface area contributed by atoms with Crippen LogP contribution in [0.1, 0.15) is 6.42 Å². The molecule has 8 nitrogen and oxygen atoms in total. The third-order valence-corrected chi connectivity index (χ3v) is 5.51. The molecule has 0 fully saturated rings. The lowest BCUT2D eigenvalue weighted by molar-refractivity contribution is 0.388. The van der Waals surface area contributed by atoms with Crippen LogP contribution in [-0.2, 0) is 13.6 Å². The lowest BCUT2D eigenvalue weighted by Crippen LogP contribution is -2.32. The van der Waals surface area contributed by atoms with E-state index in [0.29, 0.717) is 18.0 Å². The van der Waals surface area contributed by atoms with Crippen molar-refractivity contribution in [1.29, 1.82) is 0 Å². The van der Waals surface area contributed by atoms with E-state index in [1.165, 1.54) is 18.4 Å². The summed E-state index contributed by atoms with van der Waals surface area (Å²) in [6.07, 6.45) is 0.855. The zero-order chi connectivity index (χ0) is 19.1. The Morgan fingerprint density at radius 2 is 1.96 bits per heavy atom. The lowest BCUT2D eigenvalue weighted by atomic mass is 10.3. The summed E-state index contributed by atoms with van der Waals surface area (Å²) in [4.78, 5) is 38.8. The Labute approximate surface area is 158 Å². The van der Waals surface area contributed by atoms with Gasteiger partial charge in [0.25, 0.3) is 5.56 Å². The molecule has 0 amide bonds. The third-order valence-electron chi connectivity index (χ3n) is 4.48. The van der Waals surface area contributed by atoms with E-state index < -0.39 is 11.2 Å². The molecular formula is C18H20N6O2S. The molecule has 0 radical (unpaired) electrons. The van der Waals surface area contributed by atoms with Crippen molar-refractivity contribution < 1.29 is 0 Å². The number of aromatic amines is 1. The quantitative estimate of drug-likeness (QED) is 0.565. The van der Waals surface area contributed by atoms with E-state index in [9.17, 15) is 9.59 Å². The highest BCUT2D eigenvalue weighted by Gasteiger charge is 2.20. The highest BCUT2D eigenvalue weighted by molar-refractivity contribution is 7.21. The summed E-state index contributed by atoms with van der Waals surface area (Å²) in [6, 6.07) is 7.88. The maximum absolute atomic E-state index is 12.5. The maximum atomic E-state index is 12.5. The number of nitrogens with one attached hydrogen (secondary N) is 1. The molecular weight excluding hydrogens is 364 g/mol. The first kappa shape index (κ1) is 17.6. The second kappa shape index (κ2) is 6.75. The number of thiazole rings is 1. The van der Waals surface area contributed by atoms with Gasteiger partial charge in [-0.1, -0.05) is 12.1 Å². The molecule has 9 heteroatoms. The number of benzene rings is 1. The summed E-state index contributed by atoms with van der Waals surface area (Å²) >= 11 is 1.53. The predicted octanol–water partition coefficient (Wildman–Crippen LogP) is 1.65. The molecule has 4 rings (SSSR count). The van der Waals surface area contributed by atoms with Gasteiger partial charge < -0.3 is 9.47 Å². The van der Waals surface area contributed by atoms with Gasteiger partial charge in [0.2, 0.25) is 0 Å². The van der Waals surface area contributed by atoms with Crippen molar-refractivity contribution >= 4 is 32.7 Å². The van der Waals surface area contributed by atoms with Gasteiger partial charge in [0.15, 0.2) is 16.3 Å². The van der Waals surface area contributed by atoms with Gasteiger partial charge in [-0.25, -0.2) is 14.8 Å². The van der Waals surface area contributed by atoms with E-state index >= 15 is 0 Å². The van der Waals surface area contributed by atoms with Crippen LogP contribution in [-0.4, -0.2) is 49.6 Å². The van der Waals surface area contributed by atoms with Crippen LogP contribution in [0.3, 0.4) is 0 Å². The predicted molar refractivity (Wildman–Crippen MR) is 107 cm³/mol. The minimum absolute atomic E-state index is 0.260. The van der Waals surface area contributed by atoms with Gasteiger partial charge in [-0.15, -0.1) is 11.3 Å². The number of imidazole rings is 1. The first-order valence-electron chi connectivity index (χ1n) is 8.66. The average molecular weight is 384 g/mol. The third kappa shape index (κ3) is 3.08. The molecule has 0 aliphatic carbocycles. The van der Waals surface area contributed by atoms with Crippen LogP contribution in [0.15, 0.2) is 33.9 Å². The average Bonchev–Trinajstić information content (AvgIpc) is 3.21. The minimum Gasteiger partial charge on any atom is -0.309 e. The number of H-pyrrole nitrogens is 1. The molecule has 4 aromatic rings. The van der Waals surface area contributed by atoms with Crippen LogP contribution in [0.25, 0.3) is 32.2 Å². The van der Waals surface area contributed by atoms with Crippen LogP contribution in [0, 0.1) is 0 Å². The van der Waals surface area contributed by atoms with E-state index in [4.69, 9.17) is 0 Å². The number of fused-ring (bicyclic) bond motifs is 2. The number of nitrogens with zero attached hydrogens (tertiary/aromatic N) is 5. The van der Waals surface area contributed by atoms with Gasteiger partial charge >= 0.3 is 5.69 Å². The molecule has 0 spiro atoms. The number of para-hydroxylation sites is 1. The van der Waals surface area contributed by atoms with Gasteiger partial charge in [-0.3, -0.25) is 14.3 Å². The van der Waals surface area contributed by atoms with Crippen molar-refractivity contribution in [2.24, 2.45) is 7.05 Å². The van der Waals surface area contributed by atoms with Crippen LogP contribution in [0.4, 0.5) is 0 Å². The first-order chi connectivity index (χ1) is 13.0. The minimum atomic E-state index is -0.447. The standard InChI is InChI=1S/C18H20N6O2S/c1-22(2)9-6-10-24-14-13(17(25)23(3)18(26)21-14)20-15(24)16-19-11-7-4-5-8-12(11)27-16/h4-5,7-8H,6,9-10H2,1-3H3,(H,21,26). The molecule has 3 heterocycles. The zero-order valence-corrected chi connectivity index (χ0v) is 16.2. The van der Waals surface area contributed by atoms with E-state index in [0.717, 1.165) is 32.8 Å². The first-order valence-corrected chi connectivity index (χ1v) is 9.47. The van der Waals surface area contributed by atoms with Crippen LogP contribution in [0.2, 0.25) is 0 Å². The Hall–Kier alpha value is -2.78. The van der Waals surface area contributed by atoms with Gasteiger partial charge in [0, 0.05) is 13.6 Å². The number of aromatic nitrogens is 5.